The van der Waals surface area contributed by atoms with Crippen molar-refractivity contribution >= 4 is 11.9 Å². The Hall–Kier alpha value is -2.14. The van der Waals surface area contributed by atoms with Crippen molar-refractivity contribution in [3.8, 4) is 0 Å². The molecule has 0 amide bonds. The molecule has 1 N–H and O–H groups in total. The van der Waals surface area contributed by atoms with Crippen LogP contribution < -0.4 is 0 Å². The molecule has 1 atom stereocenters. The normalized spacial score (nSPS) is 13.7. The molecular formula is C19H26O5. The van der Waals surface area contributed by atoms with Crippen LogP contribution in [-0.4, -0.2) is 30.3 Å². The molecule has 0 spiro atoms. The molecule has 0 saturated heterocycles. The highest BCUT2D eigenvalue weighted by atomic mass is 16.6. The zero-order valence-corrected chi connectivity index (χ0v) is 14.6. The molecule has 0 heterocycles. The lowest BCUT2D eigenvalue weighted by Gasteiger charge is -2.32. The number of aliphatic hydroxyl groups is 1. The van der Waals surface area contributed by atoms with Gasteiger partial charge in [-0.3, -0.25) is 9.59 Å². The summed E-state index contributed by atoms with van der Waals surface area (Å²) in [7, 11) is 0. The van der Waals surface area contributed by atoms with Crippen molar-refractivity contribution in [1.29, 1.82) is 0 Å². The average Bonchev–Trinajstić information content (AvgIpc) is 2.53. The third-order valence-corrected chi connectivity index (χ3v) is 3.59. The van der Waals surface area contributed by atoms with Crippen molar-refractivity contribution in [2.45, 2.75) is 39.2 Å². The minimum absolute atomic E-state index is 0.0847. The minimum atomic E-state index is -1.14. The Kier molecular flexibility index (Phi) is 7.17. The summed E-state index contributed by atoms with van der Waals surface area (Å²) in [6.45, 7) is 8.59. The fraction of sp³-hybridized carbons (Fsp3) is 0.474. The van der Waals surface area contributed by atoms with Gasteiger partial charge < -0.3 is 14.6 Å². The van der Waals surface area contributed by atoms with Gasteiger partial charge in [-0.05, 0) is 5.56 Å². The molecule has 1 rings (SSSR count). The Labute approximate surface area is 143 Å². The van der Waals surface area contributed by atoms with E-state index in [1.165, 1.54) is 6.92 Å². The second kappa shape index (κ2) is 8.64. The highest BCUT2D eigenvalue weighted by Crippen LogP contribution is 2.34. The first kappa shape index (κ1) is 19.9. The van der Waals surface area contributed by atoms with Crippen LogP contribution in [0.4, 0.5) is 0 Å². The average molecular weight is 334 g/mol. The van der Waals surface area contributed by atoms with Crippen molar-refractivity contribution in [3.05, 3.63) is 48.6 Å². The molecule has 1 unspecified atom stereocenters. The van der Waals surface area contributed by atoms with E-state index in [2.05, 4.69) is 6.58 Å². The van der Waals surface area contributed by atoms with Gasteiger partial charge in [0.1, 0.15) is 0 Å². The van der Waals surface area contributed by atoms with Gasteiger partial charge in [-0.25, -0.2) is 0 Å². The molecule has 0 aliphatic heterocycles. The molecule has 132 valence electrons. The number of rotatable bonds is 9. The summed E-state index contributed by atoms with van der Waals surface area (Å²) >= 11 is 0. The second-order valence-corrected chi connectivity index (χ2v) is 6.61. The molecule has 24 heavy (non-hydrogen) atoms. The van der Waals surface area contributed by atoms with Crippen LogP contribution in [0.25, 0.3) is 0 Å². The highest BCUT2D eigenvalue weighted by molar-refractivity contribution is 5.73. The first-order valence-electron chi connectivity index (χ1n) is 7.87. The maximum absolute atomic E-state index is 12.3. The van der Waals surface area contributed by atoms with Crippen molar-refractivity contribution in [1.82, 2.24) is 0 Å². The van der Waals surface area contributed by atoms with E-state index >= 15 is 0 Å². The highest BCUT2D eigenvalue weighted by Gasteiger charge is 2.38. The monoisotopic (exact) mass is 334 g/mol. The van der Waals surface area contributed by atoms with Crippen LogP contribution in [0.5, 0.6) is 0 Å². The lowest BCUT2D eigenvalue weighted by Crippen LogP contribution is -2.36. The van der Waals surface area contributed by atoms with Gasteiger partial charge in [-0.1, -0.05) is 50.3 Å². The summed E-state index contributed by atoms with van der Waals surface area (Å²) in [6, 6.07) is 9.08. The molecule has 0 radical (unpaired) electrons. The van der Waals surface area contributed by atoms with E-state index in [0.717, 1.165) is 0 Å². The first-order valence-corrected chi connectivity index (χ1v) is 7.87. The van der Waals surface area contributed by atoms with Crippen molar-refractivity contribution in [2.24, 2.45) is 5.41 Å². The predicted octanol–water partition coefficient (Wildman–Crippen LogP) is 2.97. The standard InChI is InChI=1S/C19H26O5/c1-5-11-19(24-15(2)21,16-9-7-6-8-10-16)12-17(22)23-14-18(3,4)13-20/h5-10,20H,1,11-14H2,2-4H3. The predicted molar refractivity (Wildman–Crippen MR) is 91.1 cm³/mol. The molecule has 1 aromatic carbocycles. The largest absolute Gasteiger partial charge is 0.465 e. The van der Waals surface area contributed by atoms with E-state index in [4.69, 9.17) is 9.47 Å². The molecule has 0 aromatic heterocycles. The molecule has 0 saturated carbocycles. The molecule has 0 bridgehead atoms. The topological polar surface area (TPSA) is 72.8 Å². The second-order valence-electron chi connectivity index (χ2n) is 6.61. The van der Waals surface area contributed by atoms with Crippen LogP contribution in [0, 0.1) is 5.41 Å². The summed E-state index contributed by atoms with van der Waals surface area (Å²) in [5.41, 5.74) is -0.960. The van der Waals surface area contributed by atoms with E-state index in [1.807, 2.05) is 18.2 Å². The van der Waals surface area contributed by atoms with Crippen molar-refractivity contribution < 1.29 is 24.2 Å². The van der Waals surface area contributed by atoms with Crippen LogP contribution in [0.15, 0.2) is 43.0 Å². The smallest absolute Gasteiger partial charge is 0.310 e. The van der Waals surface area contributed by atoms with Crippen molar-refractivity contribution in [3.63, 3.8) is 0 Å². The van der Waals surface area contributed by atoms with Crippen LogP contribution in [-0.2, 0) is 24.7 Å². The van der Waals surface area contributed by atoms with Gasteiger partial charge in [-0.2, -0.15) is 0 Å². The third-order valence-electron chi connectivity index (χ3n) is 3.59. The van der Waals surface area contributed by atoms with E-state index in [0.29, 0.717) is 5.56 Å². The zero-order valence-electron chi connectivity index (χ0n) is 14.6. The van der Waals surface area contributed by atoms with Crippen molar-refractivity contribution in [2.75, 3.05) is 13.2 Å². The number of ether oxygens (including phenoxy) is 2. The maximum atomic E-state index is 12.3. The number of hydrogen-bond donors (Lipinski definition) is 1. The number of benzene rings is 1. The Morgan fingerprint density at radius 3 is 2.38 bits per heavy atom. The fourth-order valence-corrected chi connectivity index (χ4v) is 2.28. The summed E-state index contributed by atoms with van der Waals surface area (Å²) in [4.78, 5) is 23.9. The third kappa shape index (κ3) is 5.81. The maximum Gasteiger partial charge on any atom is 0.310 e. The molecule has 1 aromatic rings. The zero-order chi connectivity index (χ0) is 18.2. The van der Waals surface area contributed by atoms with Gasteiger partial charge in [-0.15, -0.1) is 6.58 Å². The van der Waals surface area contributed by atoms with Gasteiger partial charge in [0.15, 0.2) is 5.60 Å². The van der Waals surface area contributed by atoms with E-state index in [-0.39, 0.29) is 26.1 Å². The van der Waals surface area contributed by atoms with Gasteiger partial charge in [0, 0.05) is 18.8 Å². The van der Waals surface area contributed by atoms with E-state index < -0.39 is 23.0 Å². The van der Waals surface area contributed by atoms with Gasteiger partial charge in [0.2, 0.25) is 0 Å². The van der Waals surface area contributed by atoms with Crippen LogP contribution in [0.2, 0.25) is 0 Å². The molecule has 5 nitrogen and oxygen atoms in total. The van der Waals surface area contributed by atoms with Gasteiger partial charge in [0.25, 0.3) is 0 Å². The van der Waals surface area contributed by atoms with Gasteiger partial charge >= 0.3 is 11.9 Å². The van der Waals surface area contributed by atoms with E-state index in [9.17, 15) is 14.7 Å². The molecule has 0 aliphatic rings. The molecule has 0 aliphatic carbocycles. The Morgan fingerprint density at radius 1 is 1.25 bits per heavy atom. The first-order chi connectivity index (χ1) is 11.2. The number of carbonyl (C=O) groups is 2. The Balaban J connectivity index is 3.02. The quantitative estimate of drug-likeness (QED) is 0.555. The molecular weight excluding hydrogens is 308 g/mol. The van der Waals surface area contributed by atoms with Gasteiger partial charge in [0.05, 0.1) is 19.6 Å². The van der Waals surface area contributed by atoms with E-state index in [1.54, 1.807) is 32.1 Å². The number of esters is 2. The minimum Gasteiger partial charge on any atom is -0.465 e. The lowest BCUT2D eigenvalue weighted by atomic mass is 9.86. The fourth-order valence-electron chi connectivity index (χ4n) is 2.28. The van der Waals surface area contributed by atoms with Crippen LogP contribution >= 0.6 is 0 Å². The Bertz CT molecular complexity index is 564. The number of hydrogen-bond acceptors (Lipinski definition) is 5. The lowest BCUT2D eigenvalue weighted by molar-refractivity contribution is -0.167. The summed E-state index contributed by atoms with van der Waals surface area (Å²) in [5, 5.41) is 9.25. The SMILES string of the molecule is C=CCC(CC(=O)OCC(C)(C)CO)(OC(C)=O)c1ccccc1. The molecule has 0 fully saturated rings. The summed E-state index contributed by atoms with van der Waals surface area (Å²) < 4.78 is 10.8. The number of carbonyl (C=O) groups excluding carboxylic acids is 2. The molecule has 5 heteroatoms. The number of aliphatic hydroxyl groups excluding tert-OH is 1. The van der Waals surface area contributed by atoms with Crippen LogP contribution in [0.1, 0.15) is 39.2 Å². The van der Waals surface area contributed by atoms with Crippen LogP contribution in [0.3, 0.4) is 0 Å². The summed E-state index contributed by atoms with van der Waals surface area (Å²) in [5.74, 6) is -0.979. The summed E-state index contributed by atoms with van der Waals surface area (Å²) in [6.07, 6.45) is 1.78. The Morgan fingerprint density at radius 2 is 1.88 bits per heavy atom.